The van der Waals surface area contributed by atoms with Gasteiger partial charge >= 0.3 is 12.1 Å². The van der Waals surface area contributed by atoms with E-state index in [4.69, 9.17) is 9.47 Å². The predicted molar refractivity (Wildman–Crippen MR) is 91.1 cm³/mol. The largest absolute Gasteiger partial charge is 0.466 e. The first-order valence-electron chi connectivity index (χ1n) is 8.38. The number of anilines is 1. The average Bonchev–Trinajstić information content (AvgIpc) is 2.45. The van der Waals surface area contributed by atoms with E-state index in [0.29, 0.717) is 18.1 Å². The summed E-state index contributed by atoms with van der Waals surface area (Å²) in [6.45, 7) is 9.60. The zero-order chi connectivity index (χ0) is 17.9. The molecule has 6 nitrogen and oxygen atoms in total. The number of amides is 1. The molecule has 132 valence electrons. The quantitative estimate of drug-likeness (QED) is 0.794. The highest BCUT2D eigenvalue weighted by Gasteiger charge is 2.33. The molecular formula is C18H26N2O4. The molecule has 2 rings (SSSR count). The number of esters is 1. The number of nitrogens with zero attached hydrogens (tertiary/aromatic N) is 2. The first-order valence-corrected chi connectivity index (χ1v) is 8.38. The molecule has 1 unspecified atom stereocenters. The Morgan fingerprint density at radius 1 is 1.33 bits per heavy atom. The van der Waals surface area contributed by atoms with E-state index < -0.39 is 11.7 Å². The van der Waals surface area contributed by atoms with Crippen LogP contribution in [0, 0.1) is 0 Å². The Balaban J connectivity index is 2.29. The molecule has 0 saturated carbocycles. The normalized spacial score (nSPS) is 17.2. The Kier molecular flexibility index (Phi) is 5.47. The Hall–Kier alpha value is -2.11. The molecule has 0 saturated heterocycles. The smallest absolute Gasteiger partial charge is 0.416 e. The molecule has 1 aliphatic heterocycles. The lowest BCUT2D eigenvalue weighted by Gasteiger charge is -2.35. The number of carbonyl (C=O) groups excluding carboxylic acids is 2. The van der Waals surface area contributed by atoms with Gasteiger partial charge in [-0.15, -0.1) is 0 Å². The van der Waals surface area contributed by atoms with Crippen LogP contribution < -0.4 is 4.90 Å². The van der Waals surface area contributed by atoms with E-state index in [2.05, 4.69) is 4.98 Å². The minimum atomic E-state index is -0.572. The maximum atomic E-state index is 12.6. The van der Waals surface area contributed by atoms with Gasteiger partial charge in [-0.1, -0.05) is 6.07 Å². The fourth-order valence-electron chi connectivity index (χ4n) is 2.66. The van der Waals surface area contributed by atoms with E-state index in [0.717, 1.165) is 18.4 Å². The van der Waals surface area contributed by atoms with Crippen LogP contribution in [0.5, 0.6) is 0 Å². The van der Waals surface area contributed by atoms with Gasteiger partial charge < -0.3 is 9.47 Å². The maximum Gasteiger partial charge on any atom is 0.416 e. The zero-order valence-corrected chi connectivity index (χ0v) is 15.1. The number of hydrogen-bond donors (Lipinski definition) is 0. The molecule has 1 aromatic heterocycles. The van der Waals surface area contributed by atoms with Crippen LogP contribution in [0.3, 0.4) is 0 Å². The highest BCUT2D eigenvalue weighted by Crippen LogP contribution is 2.30. The van der Waals surface area contributed by atoms with Gasteiger partial charge in [0.05, 0.1) is 18.7 Å². The summed E-state index contributed by atoms with van der Waals surface area (Å²) in [4.78, 5) is 30.4. The van der Waals surface area contributed by atoms with Crippen molar-refractivity contribution in [3.63, 3.8) is 0 Å². The lowest BCUT2D eigenvalue weighted by Crippen LogP contribution is -2.45. The van der Waals surface area contributed by atoms with Crippen molar-refractivity contribution in [2.45, 2.75) is 65.5 Å². The second kappa shape index (κ2) is 7.20. The van der Waals surface area contributed by atoms with Gasteiger partial charge in [-0.25, -0.2) is 9.78 Å². The van der Waals surface area contributed by atoms with Gasteiger partial charge in [-0.05, 0) is 59.1 Å². The van der Waals surface area contributed by atoms with Gasteiger partial charge in [-0.3, -0.25) is 9.69 Å². The average molecular weight is 334 g/mol. The van der Waals surface area contributed by atoms with Crippen LogP contribution in [0.2, 0.25) is 0 Å². The van der Waals surface area contributed by atoms with Crippen molar-refractivity contribution in [1.82, 2.24) is 4.98 Å². The second-order valence-electron chi connectivity index (χ2n) is 7.01. The summed E-state index contributed by atoms with van der Waals surface area (Å²) in [6.07, 6.45) is 1.39. The maximum absolute atomic E-state index is 12.6. The Labute approximate surface area is 143 Å². The van der Waals surface area contributed by atoms with Gasteiger partial charge in [-0.2, -0.15) is 0 Å². The van der Waals surface area contributed by atoms with E-state index >= 15 is 0 Å². The van der Waals surface area contributed by atoms with Crippen LogP contribution in [0.1, 0.15) is 52.3 Å². The number of ether oxygens (including phenoxy) is 2. The van der Waals surface area contributed by atoms with Crippen LogP contribution in [-0.4, -0.2) is 35.3 Å². The predicted octanol–water partition coefficient (Wildman–Crippen LogP) is 3.26. The minimum absolute atomic E-state index is 0.00214. The third kappa shape index (κ3) is 4.46. The molecule has 0 N–H and O–H groups in total. The van der Waals surface area contributed by atoms with Gasteiger partial charge in [0.15, 0.2) is 0 Å². The molecule has 2 heterocycles. The Morgan fingerprint density at radius 3 is 2.67 bits per heavy atom. The standard InChI is InChI=1S/C18H26N2O4/c1-6-23-15(21)11-14-10-9-13-8-7-12(2)20(16(13)19-14)17(22)24-18(3,4)5/h9-10,12H,6-8,11H2,1-5H3. The third-order valence-electron chi connectivity index (χ3n) is 3.74. The molecule has 0 spiro atoms. The van der Waals surface area contributed by atoms with Crippen LogP contribution in [0.4, 0.5) is 10.6 Å². The summed E-state index contributed by atoms with van der Waals surface area (Å²) in [6, 6.07) is 3.75. The van der Waals surface area contributed by atoms with E-state index in [1.54, 1.807) is 11.8 Å². The first kappa shape index (κ1) is 18.2. The Morgan fingerprint density at radius 2 is 2.04 bits per heavy atom. The van der Waals surface area contributed by atoms with Crippen LogP contribution in [0.25, 0.3) is 0 Å². The second-order valence-corrected chi connectivity index (χ2v) is 7.01. The van der Waals surface area contributed by atoms with Gasteiger partial charge in [0.25, 0.3) is 0 Å². The van der Waals surface area contributed by atoms with Crippen molar-refractivity contribution in [2.75, 3.05) is 11.5 Å². The van der Waals surface area contributed by atoms with E-state index in [-0.39, 0.29) is 18.4 Å². The molecule has 1 atom stereocenters. The molecule has 24 heavy (non-hydrogen) atoms. The van der Waals surface area contributed by atoms with E-state index in [1.165, 1.54) is 0 Å². The molecule has 6 heteroatoms. The minimum Gasteiger partial charge on any atom is -0.466 e. The molecular weight excluding hydrogens is 308 g/mol. The van der Waals surface area contributed by atoms with E-state index in [1.807, 2.05) is 39.8 Å². The molecule has 0 radical (unpaired) electrons. The summed E-state index contributed by atoms with van der Waals surface area (Å²) in [5, 5.41) is 0. The van der Waals surface area contributed by atoms with Crippen molar-refractivity contribution in [1.29, 1.82) is 0 Å². The first-order chi connectivity index (χ1) is 11.2. The monoisotopic (exact) mass is 334 g/mol. The number of aryl methyl sites for hydroxylation is 1. The lowest BCUT2D eigenvalue weighted by molar-refractivity contribution is -0.142. The topological polar surface area (TPSA) is 68.7 Å². The van der Waals surface area contributed by atoms with Crippen molar-refractivity contribution in [2.24, 2.45) is 0 Å². The molecule has 0 bridgehead atoms. The number of aromatic nitrogens is 1. The van der Waals surface area contributed by atoms with Crippen molar-refractivity contribution in [3.8, 4) is 0 Å². The fourth-order valence-corrected chi connectivity index (χ4v) is 2.66. The lowest BCUT2D eigenvalue weighted by atomic mass is 9.99. The summed E-state index contributed by atoms with van der Waals surface area (Å²) < 4.78 is 10.5. The van der Waals surface area contributed by atoms with Crippen LogP contribution >= 0.6 is 0 Å². The summed E-state index contributed by atoms with van der Waals surface area (Å²) in [7, 11) is 0. The number of rotatable bonds is 3. The third-order valence-corrected chi connectivity index (χ3v) is 3.74. The van der Waals surface area contributed by atoms with Gasteiger partial charge in [0.1, 0.15) is 11.4 Å². The van der Waals surface area contributed by atoms with Crippen LogP contribution in [-0.2, 0) is 27.1 Å². The summed E-state index contributed by atoms with van der Waals surface area (Å²) in [5.74, 6) is 0.266. The number of fused-ring (bicyclic) bond motifs is 1. The van der Waals surface area contributed by atoms with Crippen molar-refractivity contribution < 1.29 is 19.1 Å². The molecule has 1 aromatic rings. The van der Waals surface area contributed by atoms with Crippen molar-refractivity contribution in [3.05, 3.63) is 23.4 Å². The van der Waals surface area contributed by atoms with Crippen LogP contribution in [0.15, 0.2) is 12.1 Å². The number of hydrogen-bond acceptors (Lipinski definition) is 5. The number of carbonyl (C=O) groups is 2. The van der Waals surface area contributed by atoms with Crippen molar-refractivity contribution >= 4 is 17.9 Å². The molecule has 0 aliphatic carbocycles. The zero-order valence-electron chi connectivity index (χ0n) is 15.1. The molecule has 0 aromatic carbocycles. The number of pyridine rings is 1. The van der Waals surface area contributed by atoms with Gasteiger partial charge in [0.2, 0.25) is 0 Å². The summed E-state index contributed by atoms with van der Waals surface area (Å²) in [5.41, 5.74) is 1.01. The van der Waals surface area contributed by atoms with E-state index in [9.17, 15) is 9.59 Å². The highest BCUT2D eigenvalue weighted by atomic mass is 16.6. The highest BCUT2D eigenvalue weighted by molar-refractivity contribution is 5.89. The molecule has 1 aliphatic rings. The fraction of sp³-hybridized carbons (Fsp3) is 0.611. The molecule has 1 amide bonds. The Bertz CT molecular complexity index is 622. The SMILES string of the molecule is CCOC(=O)Cc1ccc2c(n1)N(C(=O)OC(C)(C)C)C(C)CC2. The molecule has 0 fully saturated rings. The summed E-state index contributed by atoms with van der Waals surface area (Å²) >= 11 is 0. The van der Waals surface area contributed by atoms with Gasteiger partial charge in [0, 0.05) is 6.04 Å².